The first-order valence-electron chi connectivity index (χ1n) is 9.69. The normalized spacial score (nSPS) is 14.7. The summed E-state index contributed by atoms with van der Waals surface area (Å²) >= 11 is 0. The Morgan fingerprint density at radius 1 is 1.10 bits per heavy atom. The van der Waals surface area contributed by atoms with Crippen molar-refractivity contribution in [1.29, 1.82) is 0 Å². The maximum Gasteiger partial charge on any atom is 0.406 e. The Balaban J connectivity index is 1.68. The molecule has 8 heteroatoms. The van der Waals surface area contributed by atoms with Gasteiger partial charge >= 0.3 is 6.18 Å². The van der Waals surface area contributed by atoms with Gasteiger partial charge in [0.05, 0.1) is 5.56 Å². The number of carbonyl (C=O) groups excluding carboxylic acids is 2. The molecule has 1 N–H and O–H groups in total. The number of hydrogen-bond donors (Lipinski definition) is 1. The highest BCUT2D eigenvalue weighted by Gasteiger charge is 2.40. The summed E-state index contributed by atoms with van der Waals surface area (Å²) in [5, 5.41) is 2.72. The summed E-state index contributed by atoms with van der Waals surface area (Å²) in [5.41, 5.74) is 0.773. The monoisotopic (exact) mass is 420 g/mol. The van der Waals surface area contributed by atoms with Crippen molar-refractivity contribution in [1.82, 2.24) is 4.90 Å². The molecule has 1 fully saturated rings. The van der Waals surface area contributed by atoms with E-state index < -0.39 is 37.2 Å². The van der Waals surface area contributed by atoms with Gasteiger partial charge in [-0.25, -0.2) is 0 Å². The van der Waals surface area contributed by atoms with Crippen molar-refractivity contribution in [3.63, 3.8) is 0 Å². The minimum absolute atomic E-state index is 0.0836. The van der Waals surface area contributed by atoms with Gasteiger partial charge in [-0.15, -0.1) is 0 Å². The van der Waals surface area contributed by atoms with Crippen molar-refractivity contribution in [2.75, 3.05) is 18.5 Å². The Labute approximate surface area is 172 Å². The van der Waals surface area contributed by atoms with E-state index >= 15 is 0 Å². The molecule has 0 radical (unpaired) electrons. The molecule has 0 aliphatic heterocycles. The molecule has 2 amide bonds. The second kappa shape index (κ2) is 9.19. The van der Waals surface area contributed by atoms with Crippen LogP contribution >= 0.6 is 0 Å². The zero-order chi connectivity index (χ0) is 21.7. The Hall–Kier alpha value is -3.03. The topological polar surface area (TPSA) is 58.6 Å². The second-order valence-corrected chi connectivity index (χ2v) is 7.32. The van der Waals surface area contributed by atoms with Crippen LogP contribution in [0.4, 0.5) is 18.9 Å². The van der Waals surface area contributed by atoms with E-state index in [0.29, 0.717) is 5.69 Å². The summed E-state index contributed by atoms with van der Waals surface area (Å²) < 4.78 is 44.4. The quantitative estimate of drug-likeness (QED) is 0.684. The molecule has 1 aliphatic rings. The third-order valence-corrected chi connectivity index (χ3v) is 4.98. The maximum absolute atomic E-state index is 13.0. The fraction of sp³-hybridized carbons (Fsp3) is 0.364. The number of para-hydroxylation sites is 2. The summed E-state index contributed by atoms with van der Waals surface area (Å²) in [6.45, 7) is -0.270. The third-order valence-electron chi connectivity index (χ3n) is 4.98. The highest BCUT2D eigenvalue weighted by molar-refractivity contribution is 6.06. The largest absolute Gasteiger partial charge is 0.483 e. The Morgan fingerprint density at radius 2 is 1.73 bits per heavy atom. The van der Waals surface area contributed by atoms with Crippen LogP contribution in [0.15, 0.2) is 54.6 Å². The lowest BCUT2D eigenvalue weighted by Crippen LogP contribution is -2.47. The molecule has 0 bridgehead atoms. The molecule has 1 atom stereocenters. The van der Waals surface area contributed by atoms with Crippen LogP contribution in [-0.4, -0.2) is 42.1 Å². The molecular formula is C22H23F3N2O3. The molecule has 2 aromatic carbocycles. The number of hydrogen-bond acceptors (Lipinski definition) is 3. The first-order valence-corrected chi connectivity index (χ1v) is 9.69. The minimum atomic E-state index is -4.49. The molecular weight excluding hydrogens is 397 g/mol. The predicted molar refractivity (Wildman–Crippen MR) is 106 cm³/mol. The molecule has 30 heavy (non-hydrogen) atoms. The number of benzene rings is 2. The first-order chi connectivity index (χ1) is 14.2. The van der Waals surface area contributed by atoms with Crippen molar-refractivity contribution < 1.29 is 27.5 Å². The maximum atomic E-state index is 13.0. The fourth-order valence-corrected chi connectivity index (χ4v) is 3.21. The van der Waals surface area contributed by atoms with Crippen molar-refractivity contribution in [3.8, 4) is 5.75 Å². The number of amides is 2. The van der Waals surface area contributed by atoms with E-state index in [0.717, 1.165) is 17.7 Å². The summed E-state index contributed by atoms with van der Waals surface area (Å²) in [6.07, 6.45) is -2.87. The van der Waals surface area contributed by atoms with Gasteiger partial charge in [-0.3, -0.25) is 9.59 Å². The molecule has 0 saturated heterocycles. The van der Waals surface area contributed by atoms with Crippen molar-refractivity contribution in [2.24, 2.45) is 5.92 Å². The molecule has 0 heterocycles. The lowest BCUT2D eigenvalue weighted by molar-refractivity contribution is -0.167. The zero-order valence-corrected chi connectivity index (χ0v) is 16.5. The van der Waals surface area contributed by atoms with Crippen molar-refractivity contribution >= 4 is 17.5 Å². The van der Waals surface area contributed by atoms with Crippen LogP contribution in [0, 0.1) is 5.92 Å². The first kappa shape index (κ1) is 21.7. The molecule has 160 valence electrons. The molecule has 3 rings (SSSR count). The summed E-state index contributed by atoms with van der Waals surface area (Å²) in [7, 11) is 0. The van der Waals surface area contributed by atoms with E-state index in [2.05, 4.69) is 5.32 Å². The third kappa shape index (κ3) is 5.98. The van der Waals surface area contributed by atoms with E-state index in [1.165, 1.54) is 12.1 Å². The number of ether oxygens (including phenoxy) is 1. The molecule has 1 saturated carbocycles. The Kier molecular flexibility index (Phi) is 6.64. The van der Waals surface area contributed by atoms with E-state index in [1.807, 2.05) is 6.07 Å². The fourth-order valence-electron chi connectivity index (χ4n) is 3.21. The molecule has 1 aliphatic carbocycles. The van der Waals surface area contributed by atoms with E-state index in [1.54, 1.807) is 43.3 Å². The number of anilines is 1. The van der Waals surface area contributed by atoms with Gasteiger partial charge in [0.25, 0.3) is 11.8 Å². The Bertz CT molecular complexity index is 883. The van der Waals surface area contributed by atoms with Crippen LogP contribution in [0.1, 0.15) is 30.1 Å². The summed E-state index contributed by atoms with van der Waals surface area (Å²) in [5.74, 6) is -0.988. The zero-order valence-electron chi connectivity index (χ0n) is 16.5. The number of nitrogens with zero attached hydrogens (tertiary/aromatic N) is 1. The molecule has 5 nitrogen and oxygen atoms in total. The van der Waals surface area contributed by atoms with Gasteiger partial charge in [0, 0.05) is 11.7 Å². The average molecular weight is 420 g/mol. The molecule has 2 aromatic rings. The number of nitrogens with one attached hydrogen (secondary N) is 1. The average Bonchev–Trinajstić information content (AvgIpc) is 3.55. The van der Waals surface area contributed by atoms with Crippen LogP contribution in [0.25, 0.3) is 0 Å². The van der Waals surface area contributed by atoms with Crippen LogP contribution in [0.3, 0.4) is 0 Å². The molecule has 0 spiro atoms. The van der Waals surface area contributed by atoms with Gasteiger partial charge in [-0.1, -0.05) is 30.3 Å². The number of carbonyl (C=O) groups is 2. The van der Waals surface area contributed by atoms with Gasteiger partial charge in [-0.2, -0.15) is 13.2 Å². The van der Waals surface area contributed by atoms with Crippen LogP contribution < -0.4 is 10.1 Å². The Morgan fingerprint density at radius 3 is 2.37 bits per heavy atom. The lowest BCUT2D eigenvalue weighted by atomic mass is 10.1. The number of halogens is 3. The smallest absolute Gasteiger partial charge is 0.406 e. The van der Waals surface area contributed by atoms with Crippen LogP contribution in [-0.2, 0) is 4.79 Å². The summed E-state index contributed by atoms with van der Waals surface area (Å²) in [4.78, 5) is 25.9. The van der Waals surface area contributed by atoms with Gasteiger partial charge in [0.1, 0.15) is 12.3 Å². The standard InChI is InChI=1S/C22H23F3N2O3/c1-15(16-11-12-16)27(14-22(23,24)25)20(28)13-30-19-10-6-5-9-18(19)21(29)26-17-7-3-2-4-8-17/h2-10,15-16H,11-14H2,1H3,(H,26,29). The van der Waals surface area contributed by atoms with Gasteiger partial charge < -0.3 is 15.0 Å². The van der Waals surface area contributed by atoms with E-state index in [4.69, 9.17) is 4.74 Å². The lowest BCUT2D eigenvalue weighted by Gasteiger charge is -2.30. The minimum Gasteiger partial charge on any atom is -0.483 e. The van der Waals surface area contributed by atoms with Gasteiger partial charge in [-0.05, 0) is 49.9 Å². The van der Waals surface area contributed by atoms with Gasteiger partial charge in [0.15, 0.2) is 6.61 Å². The number of alkyl halides is 3. The van der Waals surface area contributed by atoms with Gasteiger partial charge in [0.2, 0.25) is 0 Å². The second-order valence-electron chi connectivity index (χ2n) is 7.32. The SMILES string of the molecule is CC(C1CC1)N(CC(F)(F)F)C(=O)COc1ccccc1C(=O)Nc1ccccc1. The highest BCUT2D eigenvalue weighted by atomic mass is 19.4. The highest BCUT2D eigenvalue weighted by Crippen LogP contribution is 2.36. The van der Waals surface area contributed by atoms with E-state index in [-0.39, 0.29) is 17.2 Å². The molecule has 1 unspecified atom stereocenters. The summed E-state index contributed by atoms with van der Waals surface area (Å²) in [6, 6.07) is 14.6. The van der Waals surface area contributed by atoms with Crippen LogP contribution in [0.5, 0.6) is 5.75 Å². The predicted octanol–water partition coefficient (Wildman–Crippen LogP) is 4.51. The number of rotatable bonds is 8. The van der Waals surface area contributed by atoms with Crippen LogP contribution in [0.2, 0.25) is 0 Å². The van der Waals surface area contributed by atoms with Crippen molar-refractivity contribution in [2.45, 2.75) is 32.0 Å². The van der Waals surface area contributed by atoms with E-state index in [9.17, 15) is 22.8 Å². The van der Waals surface area contributed by atoms with Crippen molar-refractivity contribution in [3.05, 3.63) is 60.2 Å². The molecule has 0 aromatic heterocycles.